The summed E-state index contributed by atoms with van der Waals surface area (Å²) in [5.74, 6) is 4.41. The molecule has 62 valence electrons. The number of rotatable bonds is 1. The molecule has 0 spiro atoms. The van der Waals surface area contributed by atoms with Gasteiger partial charge in [0, 0.05) is 12.4 Å². The Morgan fingerprint density at radius 1 is 1.67 bits per heavy atom. The van der Waals surface area contributed by atoms with Gasteiger partial charge in [-0.25, -0.2) is 10.8 Å². The highest BCUT2D eigenvalue weighted by molar-refractivity contribution is 5.44. The van der Waals surface area contributed by atoms with E-state index in [0.717, 1.165) is 0 Å². The van der Waals surface area contributed by atoms with Crippen molar-refractivity contribution in [2.24, 2.45) is 5.84 Å². The first-order valence-electron chi connectivity index (χ1n) is 2.91. The number of nitrogens with one attached hydrogen (secondary N) is 1. The minimum atomic E-state index is 0.354. The largest absolute Gasteiger partial charge is 0.297 e. The molecule has 12 heavy (non-hydrogen) atoms. The van der Waals surface area contributed by atoms with Gasteiger partial charge in [-0.3, -0.25) is 15.2 Å². The van der Waals surface area contributed by atoms with Crippen molar-refractivity contribution >= 4 is 6.41 Å². The zero-order chi connectivity index (χ0) is 9.23. The van der Waals surface area contributed by atoms with Crippen molar-refractivity contribution in [2.75, 3.05) is 0 Å². The lowest BCUT2D eigenvalue weighted by atomic mass is 10.5. The van der Waals surface area contributed by atoms with Gasteiger partial charge in [0.05, 0.1) is 6.20 Å². The number of hydrazine groups is 1. The summed E-state index contributed by atoms with van der Waals surface area (Å²) in [6.07, 6.45) is 4.83. The fourth-order valence-electron chi connectivity index (χ4n) is 0.357. The van der Waals surface area contributed by atoms with E-state index in [-0.39, 0.29) is 0 Å². The first-order chi connectivity index (χ1) is 5.85. The Hall–Kier alpha value is -2.00. The number of nitrogens with zero attached hydrogens (tertiary/aromatic N) is 3. The molecule has 0 saturated carbocycles. The molecule has 0 aliphatic heterocycles. The normalized spacial score (nSPS) is 7.00. The van der Waals surface area contributed by atoms with Crippen molar-refractivity contribution in [1.29, 1.82) is 5.26 Å². The third-order valence-corrected chi connectivity index (χ3v) is 0.746. The molecule has 6 heteroatoms. The van der Waals surface area contributed by atoms with Gasteiger partial charge in [-0.1, -0.05) is 0 Å². The Morgan fingerprint density at radius 3 is 2.58 bits per heavy atom. The minimum absolute atomic E-state index is 0.354. The van der Waals surface area contributed by atoms with Crippen LogP contribution in [0.5, 0.6) is 0 Å². The van der Waals surface area contributed by atoms with Crippen LogP contribution >= 0.6 is 0 Å². The van der Waals surface area contributed by atoms with E-state index >= 15 is 0 Å². The molecule has 1 aromatic rings. The summed E-state index contributed by atoms with van der Waals surface area (Å²) >= 11 is 0. The van der Waals surface area contributed by atoms with Crippen LogP contribution in [-0.4, -0.2) is 16.4 Å². The molecular formula is C6H7N5O. The van der Waals surface area contributed by atoms with Gasteiger partial charge in [-0.2, -0.15) is 5.26 Å². The van der Waals surface area contributed by atoms with Gasteiger partial charge >= 0.3 is 0 Å². The number of nitriles is 1. The number of hydrogen-bond acceptors (Lipinski definition) is 5. The van der Waals surface area contributed by atoms with Crippen LogP contribution in [0.25, 0.3) is 0 Å². The van der Waals surface area contributed by atoms with Gasteiger partial charge in [-0.05, 0) is 0 Å². The maximum Gasteiger partial charge on any atom is 0.221 e. The van der Waals surface area contributed by atoms with Crippen LogP contribution in [-0.2, 0) is 4.79 Å². The Kier molecular flexibility index (Phi) is 5.93. The Bertz CT molecular complexity index is 254. The number of carbonyl (C=O) groups is 1. The summed E-state index contributed by atoms with van der Waals surface area (Å²) in [4.78, 5) is 16.3. The summed E-state index contributed by atoms with van der Waals surface area (Å²) in [7, 11) is 0. The van der Waals surface area contributed by atoms with E-state index in [1.807, 2.05) is 6.07 Å². The third-order valence-electron chi connectivity index (χ3n) is 0.746. The van der Waals surface area contributed by atoms with Crippen LogP contribution < -0.4 is 11.3 Å². The van der Waals surface area contributed by atoms with E-state index in [0.29, 0.717) is 12.1 Å². The summed E-state index contributed by atoms with van der Waals surface area (Å²) < 4.78 is 0. The fourth-order valence-corrected chi connectivity index (χ4v) is 0.357. The maximum absolute atomic E-state index is 8.94. The van der Waals surface area contributed by atoms with Crippen molar-refractivity contribution in [3.63, 3.8) is 0 Å². The molecule has 0 fully saturated rings. The van der Waals surface area contributed by atoms with Crippen LogP contribution in [0.1, 0.15) is 5.69 Å². The zero-order valence-corrected chi connectivity index (χ0v) is 6.14. The molecular weight excluding hydrogens is 158 g/mol. The average Bonchev–Trinajstić information content (AvgIpc) is 2.19. The van der Waals surface area contributed by atoms with Gasteiger partial charge in [0.1, 0.15) is 6.07 Å². The highest BCUT2D eigenvalue weighted by Crippen LogP contribution is 1.82. The highest BCUT2D eigenvalue weighted by Gasteiger charge is 1.82. The van der Waals surface area contributed by atoms with E-state index in [1.165, 1.54) is 18.6 Å². The second kappa shape index (κ2) is 7.11. The van der Waals surface area contributed by atoms with Gasteiger partial charge in [-0.15, -0.1) is 0 Å². The monoisotopic (exact) mass is 165 g/mol. The predicted molar refractivity (Wildman–Crippen MR) is 40.1 cm³/mol. The lowest BCUT2D eigenvalue weighted by Gasteiger charge is -1.79. The highest BCUT2D eigenvalue weighted by atomic mass is 16.1. The van der Waals surface area contributed by atoms with Crippen molar-refractivity contribution < 1.29 is 4.79 Å². The molecule has 3 N–H and O–H groups in total. The quantitative estimate of drug-likeness (QED) is 0.239. The number of amides is 1. The molecule has 1 heterocycles. The molecule has 6 nitrogen and oxygen atoms in total. The van der Waals surface area contributed by atoms with Crippen LogP contribution in [0.3, 0.4) is 0 Å². The van der Waals surface area contributed by atoms with Gasteiger partial charge in [0.25, 0.3) is 0 Å². The first-order valence-corrected chi connectivity index (χ1v) is 2.91. The van der Waals surface area contributed by atoms with Gasteiger partial charge in [0.2, 0.25) is 6.41 Å². The Morgan fingerprint density at radius 2 is 2.33 bits per heavy atom. The van der Waals surface area contributed by atoms with Crippen molar-refractivity contribution in [3.05, 3.63) is 24.3 Å². The molecule has 0 aliphatic rings. The summed E-state index contributed by atoms with van der Waals surface area (Å²) in [5, 5.41) is 8.19. The summed E-state index contributed by atoms with van der Waals surface area (Å²) in [6.45, 7) is 0. The molecule has 0 unspecified atom stereocenters. The van der Waals surface area contributed by atoms with Crippen LogP contribution in [0.15, 0.2) is 18.6 Å². The lowest BCUT2D eigenvalue weighted by Crippen LogP contribution is -2.18. The Balaban J connectivity index is 0.000000261. The van der Waals surface area contributed by atoms with Crippen LogP contribution in [0.4, 0.5) is 0 Å². The number of carbonyl (C=O) groups excluding carboxylic acids is 1. The summed E-state index contributed by atoms with van der Waals surface area (Å²) in [5.41, 5.74) is 2.10. The van der Waals surface area contributed by atoms with Gasteiger partial charge in [0.15, 0.2) is 5.69 Å². The second-order valence-electron chi connectivity index (χ2n) is 1.49. The first kappa shape index (κ1) is 10.0. The smallest absolute Gasteiger partial charge is 0.221 e. The maximum atomic E-state index is 8.94. The van der Waals surface area contributed by atoms with E-state index in [2.05, 4.69) is 15.8 Å². The molecule has 0 radical (unpaired) electrons. The SMILES string of the molecule is N#Cc1cnccn1.NNC=O. The lowest BCUT2D eigenvalue weighted by molar-refractivity contribution is -0.109. The van der Waals surface area contributed by atoms with E-state index in [4.69, 9.17) is 10.1 Å². The fraction of sp³-hybridized carbons (Fsp3) is 0. The molecule has 0 bridgehead atoms. The standard InChI is InChI=1S/C5H3N3.CH4N2O/c6-3-5-4-7-1-2-8-5;2-3-1-4/h1-2,4H;1H,2H2,(H,3,4). The van der Waals surface area contributed by atoms with Crippen molar-refractivity contribution in [3.8, 4) is 6.07 Å². The molecule has 1 aromatic heterocycles. The minimum Gasteiger partial charge on any atom is -0.297 e. The second-order valence-corrected chi connectivity index (χ2v) is 1.49. The molecule has 0 saturated heterocycles. The average molecular weight is 165 g/mol. The molecule has 1 amide bonds. The topological polar surface area (TPSA) is 105 Å². The molecule has 0 aromatic carbocycles. The molecule has 1 rings (SSSR count). The molecule has 0 aliphatic carbocycles. The van der Waals surface area contributed by atoms with E-state index in [9.17, 15) is 0 Å². The number of nitrogens with two attached hydrogens (primary N) is 1. The van der Waals surface area contributed by atoms with Crippen LogP contribution in [0.2, 0.25) is 0 Å². The van der Waals surface area contributed by atoms with E-state index in [1.54, 1.807) is 5.43 Å². The van der Waals surface area contributed by atoms with Crippen molar-refractivity contribution in [2.45, 2.75) is 0 Å². The van der Waals surface area contributed by atoms with E-state index < -0.39 is 0 Å². The predicted octanol–water partition coefficient (Wildman–Crippen LogP) is -1.05. The number of hydrogen-bond donors (Lipinski definition) is 2. The zero-order valence-electron chi connectivity index (χ0n) is 6.14. The van der Waals surface area contributed by atoms with Gasteiger partial charge < -0.3 is 0 Å². The third kappa shape index (κ3) is 4.84. The van der Waals surface area contributed by atoms with Crippen LogP contribution in [0, 0.1) is 11.3 Å². The number of aromatic nitrogens is 2. The molecule has 0 atom stereocenters. The van der Waals surface area contributed by atoms with Crippen molar-refractivity contribution in [1.82, 2.24) is 15.4 Å². The Labute approximate surface area is 69.0 Å². The summed E-state index contributed by atoms with van der Waals surface area (Å²) in [6, 6.07) is 1.85.